The first kappa shape index (κ1) is 44.5. The lowest BCUT2D eigenvalue weighted by molar-refractivity contribution is -0.156. The predicted molar refractivity (Wildman–Crippen MR) is 224 cm³/mol. The van der Waals surface area contributed by atoms with Crippen LogP contribution in [0.3, 0.4) is 0 Å². The van der Waals surface area contributed by atoms with E-state index >= 15 is 0 Å². The highest BCUT2D eigenvalue weighted by Gasteiger charge is 2.45. The van der Waals surface area contributed by atoms with Gasteiger partial charge in [0.15, 0.2) is 0 Å². The van der Waals surface area contributed by atoms with E-state index in [0.29, 0.717) is 12.0 Å². The summed E-state index contributed by atoms with van der Waals surface area (Å²) in [6, 6.07) is 19.8. The molecule has 4 aromatic rings. The number of carboxylic acids is 1. The van der Waals surface area contributed by atoms with Gasteiger partial charge in [0.25, 0.3) is 0 Å². The first-order valence-corrected chi connectivity index (χ1v) is 20.2. The second kappa shape index (κ2) is 18.5. The molecule has 1 saturated heterocycles. The Kier molecular flexibility index (Phi) is 14.2. The molecule has 6 atom stereocenters. The van der Waals surface area contributed by atoms with E-state index in [0.717, 1.165) is 46.1 Å². The zero-order valence-electron chi connectivity index (χ0n) is 34.7. The number of allylic oxidation sites excluding steroid dienone is 1. The number of cyclic esters (lactones) is 1. The highest BCUT2D eigenvalue weighted by atomic mass is 19.1. The number of aliphatic carboxylic acids is 1. The molecule has 1 saturated carbocycles. The van der Waals surface area contributed by atoms with Crippen LogP contribution in [0.1, 0.15) is 109 Å². The number of carbonyl (C=O) groups excluding carboxylic acids is 1. The third-order valence-electron chi connectivity index (χ3n) is 11.4. The molecule has 1 aromatic heterocycles. The monoisotopic (exact) mass is 799 g/mol. The van der Waals surface area contributed by atoms with Crippen LogP contribution in [0.5, 0.6) is 0 Å². The SMILES string of the molecule is CC(C)n1c(/C=C/[C@@H](O)C[C@@H](O)CC(=O)O)c(-c2ccc(F)cc2)c2ccccc21.Cc1cc(C2CC(C)(C)CC(C)(C)C2/C=C/[C@@H]2C[C@@H](O)CC(=O)O2)ccc1F. The normalized spacial score (nSPS) is 22.8. The van der Waals surface area contributed by atoms with Gasteiger partial charge in [-0.15, -0.1) is 0 Å². The Morgan fingerprint density at radius 2 is 1.69 bits per heavy atom. The minimum absolute atomic E-state index is 0.0441. The molecule has 0 amide bonds. The van der Waals surface area contributed by atoms with Crippen molar-refractivity contribution in [3.63, 3.8) is 0 Å². The number of carbonyl (C=O) groups is 2. The van der Waals surface area contributed by atoms with Gasteiger partial charge in [0, 0.05) is 41.0 Å². The second-order valence-electron chi connectivity index (χ2n) is 17.8. The van der Waals surface area contributed by atoms with Gasteiger partial charge in [-0.2, -0.15) is 0 Å². The summed E-state index contributed by atoms with van der Waals surface area (Å²) in [6.45, 7) is 15.1. The summed E-state index contributed by atoms with van der Waals surface area (Å²) in [7, 11) is 0. The number of hydrogen-bond acceptors (Lipinski definition) is 6. The Hall–Kier alpha value is -4.64. The maximum atomic E-state index is 13.8. The van der Waals surface area contributed by atoms with Gasteiger partial charge in [0.2, 0.25) is 0 Å². The van der Waals surface area contributed by atoms with E-state index in [2.05, 4.69) is 52.2 Å². The number of rotatable bonds is 11. The van der Waals surface area contributed by atoms with Crippen LogP contribution in [-0.4, -0.2) is 61.3 Å². The van der Waals surface area contributed by atoms with Gasteiger partial charge in [-0.3, -0.25) is 9.59 Å². The zero-order valence-corrected chi connectivity index (χ0v) is 34.7. The number of aromatic nitrogens is 1. The summed E-state index contributed by atoms with van der Waals surface area (Å²) >= 11 is 0. The largest absolute Gasteiger partial charge is 0.481 e. The van der Waals surface area contributed by atoms with Crippen LogP contribution >= 0.6 is 0 Å². The molecule has 0 bridgehead atoms. The lowest BCUT2D eigenvalue weighted by Crippen LogP contribution is -2.40. The van der Waals surface area contributed by atoms with Crippen molar-refractivity contribution in [1.82, 2.24) is 4.57 Å². The Balaban J connectivity index is 0.000000221. The predicted octanol–water partition coefficient (Wildman–Crippen LogP) is 9.93. The maximum Gasteiger partial charge on any atom is 0.309 e. The summed E-state index contributed by atoms with van der Waals surface area (Å²) in [6.07, 6.45) is 6.46. The zero-order chi connectivity index (χ0) is 42.5. The van der Waals surface area contributed by atoms with Crippen molar-refractivity contribution in [2.45, 2.75) is 123 Å². The Bertz CT molecular complexity index is 2120. The quantitative estimate of drug-likeness (QED) is 0.0878. The van der Waals surface area contributed by atoms with E-state index in [4.69, 9.17) is 9.84 Å². The fourth-order valence-electron chi connectivity index (χ4n) is 9.25. The third kappa shape index (κ3) is 11.1. The average Bonchev–Trinajstić information content (AvgIpc) is 3.45. The standard InChI is InChI=1S/C24H26FNO4.C24H33FO3/c1-15(2)26-21-6-4-3-5-20(21)24(16-7-9-17(25)10-8-16)22(26)12-11-18(27)13-19(28)14-23(29)30;1-15-10-16(6-9-21(15)25)19-13-23(2,3)14-24(4,5)20(19)8-7-18-11-17(26)12-22(27)28-18/h3-12,15,18-19,27-28H,13-14H2,1-2H3,(H,29,30);6-10,17-20,26H,11-14H2,1-5H3/b12-11+;8-7+/t18-,19-;17-,18-,19?,20?/m11/s1. The number of ether oxygens (including phenoxy) is 1. The number of halogens is 2. The summed E-state index contributed by atoms with van der Waals surface area (Å²) < 4.78 is 34.9. The Morgan fingerprint density at radius 1 is 1.00 bits per heavy atom. The van der Waals surface area contributed by atoms with Gasteiger partial charge >= 0.3 is 11.9 Å². The summed E-state index contributed by atoms with van der Waals surface area (Å²) in [5, 5.41) is 39.7. The third-order valence-corrected chi connectivity index (χ3v) is 11.4. The van der Waals surface area contributed by atoms with Crippen LogP contribution in [0.15, 0.2) is 85.0 Å². The van der Waals surface area contributed by atoms with Gasteiger partial charge in [-0.25, -0.2) is 8.78 Å². The Morgan fingerprint density at radius 3 is 2.33 bits per heavy atom. The molecule has 10 heteroatoms. The van der Waals surface area contributed by atoms with Gasteiger partial charge in [-0.05, 0) is 109 Å². The van der Waals surface area contributed by atoms with Crippen LogP contribution < -0.4 is 0 Å². The van der Waals surface area contributed by atoms with Crippen LogP contribution in [-0.2, 0) is 14.3 Å². The Labute approximate surface area is 340 Å². The van der Waals surface area contributed by atoms with E-state index < -0.39 is 30.7 Å². The van der Waals surface area contributed by atoms with Gasteiger partial charge in [0.1, 0.15) is 17.7 Å². The highest BCUT2D eigenvalue weighted by molar-refractivity contribution is 6.01. The van der Waals surface area contributed by atoms with Crippen LogP contribution in [0, 0.1) is 35.3 Å². The van der Waals surface area contributed by atoms with Crippen molar-refractivity contribution in [1.29, 1.82) is 0 Å². The molecule has 1 aliphatic carbocycles. The van der Waals surface area contributed by atoms with Crippen LogP contribution in [0.4, 0.5) is 8.78 Å². The first-order chi connectivity index (χ1) is 27.2. The van der Waals surface area contributed by atoms with Gasteiger partial charge in [0.05, 0.1) is 31.2 Å². The molecule has 3 aromatic carbocycles. The smallest absolute Gasteiger partial charge is 0.309 e. The molecule has 2 fully saturated rings. The maximum absolute atomic E-state index is 13.8. The molecule has 2 aliphatic rings. The molecule has 2 unspecified atom stereocenters. The summed E-state index contributed by atoms with van der Waals surface area (Å²) in [5.74, 6) is -1.44. The lowest BCUT2D eigenvalue weighted by atomic mass is 9.54. The number of carboxylic acid groups (broad SMARTS) is 1. The number of aliphatic hydroxyl groups is 3. The van der Waals surface area contributed by atoms with E-state index in [-0.39, 0.29) is 65.3 Å². The van der Waals surface area contributed by atoms with Crippen LogP contribution in [0.25, 0.3) is 28.1 Å². The van der Waals surface area contributed by atoms with Gasteiger partial charge < -0.3 is 29.7 Å². The summed E-state index contributed by atoms with van der Waals surface area (Å²) in [5.41, 5.74) is 5.72. The molecule has 1 aliphatic heterocycles. The average molecular weight is 800 g/mol. The van der Waals surface area contributed by atoms with Crippen molar-refractivity contribution in [3.8, 4) is 11.1 Å². The number of esters is 1. The van der Waals surface area contributed by atoms with Crippen molar-refractivity contribution >= 4 is 28.9 Å². The number of nitrogens with zero attached hydrogens (tertiary/aromatic N) is 1. The van der Waals surface area contributed by atoms with E-state index in [1.54, 1.807) is 30.4 Å². The molecule has 6 rings (SSSR count). The number of aryl methyl sites for hydroxylation is 1. The molecule has 312 valence electrons. The molecule has 58 heavy (non-hydrogen) atoms. The van der Waals surface area contributed by atoms with Crippen molar-refractivity contribution in [3.05, 3.63) is 113 Å². The fourth-order valence-corrected chi connectivity index (χ4v) is 9.25. The highest BCUT2D eigenvalue weighted by Crippen LogP contribution is 2.56. The summed E-state index contributed by atoms with van der Waals surface area (Å²) in [4.78, 5) is 22.4. The number of aliphatic hydroxyl groups excluding tert-OH is 3. The minimum atomic E-state index is -1.13. The molecular formula is C48H59F2NO7. The van der Waals surface area contributed by atoms with E-state index in [1.807, 2.05) is 49.4 Å². The molecule has 0 spiro atoms. The molecule has 4 N–H and O–H groups in total. The molecule has 8 nitrogen and oxygen atoms in total. The fraction of sp³-hybridized carbons (Fsp3) is 0.458. The number of fused-ring (bicyclic) bond motifs is 1. The van der Waals surface area contributed by atoms with Crippen molar-refractivity contribution < 1.29 is 43.5 Å². The number of para-hydroxylation sites is 1. The van der Waals surface area contributed by atoms with E-state index in [9.17, 15) is 33.7 Å². The number of hydrogen-bond donors (Lipinski definition) is 4. The molecular weight excluding hydrogens is 741 g/mol. The topological polar surface area (TPSA) is 129 Å². The van der Waals surface area contributed by atoms with Crippen LogP contribution in [0.2, 0.25) is 0 Å². The first-order valence-electron chi connectivity index (χ1n) is 20.2. The minimum Gasteiger partial charge on any atom is -0.481 e. The van der Waals surface area contributed by atoms with Gasteiger partial charge in [-0.1, -0.05) is 82.3 Å². The number of benzene rings is 3. The van der Waals surface area contributed by atoms with Crippen molar-refractivity contribution in [2.75, 3.05) is 0 Å². The van der Waals surface area contributed by atoms with Crippen molar-refractivity contribution in [2.24, 2.45) is 16.7 Å². The molecule has 0 radical (unpaired) electrons. The van der Waals surface area contributed by atoms with E-state index in [1.165, 1.54) is 12.1 Å². The molecule has 2 heterocycles. The second-order valence-corrected chi connectivity index (χ2v) is 17.8. The lowest BCUT2D eigenvalue weighted by Gasteiger charge is -2.50.